The Bertz CT molecular complexity index is 401. The molecular weight excluding hydrogens is 243 g/mol. The minimum atomic E-state index is -0.516. The largest absolute Gasteiger partial charge is 0.345 e. The van der Waals surface area contributed by atoms with E-state index in [0.29, 0.717) is 0 Å². The maximum Gasteiger partial charge on any atom is 0.237 e. The lowest BCUT2D eigenvalue weighted by Crippen LogP contribution is -2.44. The van der Waals surface area contributed by atoms with E-state index in [1.165, 1.54) is 12.1 Å². The molecule has 0 heterocycles. The first kappa shape index (κ1) is 13.9. The van der Waals surface area contributed by atoms with E-state index in [2.05, 4.69) is 5.32 Å². The quantitative estimate of drug-likeness (QED) is 0.867. The Morgan fingerprint density at radius 1 is 1.41 bits per heavy atom. The number of carbonyl (C=O) groups is 1. The molecule has 1 aromatic carbocycles. The molecule has 1 atom stereocenters. The lowest BCUT2D eigenvalue weighted by atomic mass is 10.0. The van der Waals surface area contributed by atoms with Crippen molar-refractivity contribution in [1.29, 1.82) is 0 Å². The van der Waals surface area contributed by atoms with Crippen LogP contribution in [0.1, 0.15) is 25.3 Å². The van der Waals surface area contributed by atoms with Gasteiger partial charge in [-0.25, -0.2) is 4.39 Å². The monoisotopic (exact) mass is 258 g/mol. The number of benzene rings is 1. The number of nitrogens with two attached hydrogens (primary N) is 1. The Morgan fingerprint density at radius 3 is 2.35 bits per heavy atom. The fraction of sp³-hybridized carbons (Fsp3) is 0.417. The van der Waals surface area contributed by atoms with E-state index in [-0.39, 0.29) is 29.7 Å². The van der Waals surface area contributed by atoms with Gasteiger partial charge in [0.15, 0.2) is 0 Å². The topological polar surface area (TPSA) is 55.1 Å². The second kappa shape index (κ2) is 5.02. The zero-order valence-corrected chi connectivity index (χ0v) is 10.4. The summed E-state index contributed by atoms with van der Waals surface area (Å²) in [6.07, 6.45) is 1.77. The standard InChI is InChI=1S/C12H15FN2O.ClH/c1-8(14)11(16)15-12(6-7-12)9-2-4-10(13)5-3-9;/h2-5,8H,6-7,14H2,1H3,(H,15,16);1H/t8-;/m1./s1. The van der Waals surface area contributed by atoms with Crippen LogP contribution in [0.2, 0.25) is 0 Å². The predicted molar refractivity (Wildman–Crippen MR) is 66.4 cm³/mol. The summed E-state index contributed by atoms with van der Waals surface area (Å²) in [5.74, 6) is -0.431. The minimum Gasteiger partial charge on any atom is -0.345 e. The second-order valence-electron chi connectivity index (χ2n) is 4.37. The van der Waals surface area contributed by atoms with E-state index in [0.717, 1.165) is 18.4 Å². The van der Waals surface area contributed by atoms with E-state index >= 15 is 0 Å². The van der Waals surface area contributed by atoms with Gasteiger partial charge in [0.2, 0.25) is 5.91 Å². The zero-order chi connectivity index (χ0) is 11.8. The molecule has 0 saturated heterocycles. The normalized spacial score (nSPS) is 17.8. The Morgan fingerprint density at radius 2 is 1.94 bits per heavy atom. The molecule has 0 unspecified atom stereocenters. The Kier molecular flexibility index (Phi) is 4.11. The van der Waals surface area contributed by atoms with Gasteiger partial charge in [-0.15, -0.1) is 12.4 Å². The Hall–Kier alpha value is -1.13. The number of hydrogen-bond acceptors (Lipinski definition) is 2. The highest BCUT2D eigenvalue weighted by Crippen LogP contribution is 2.45. The maximum absolute atomic E-state index is 12.8. The van der Waals surface area contributed by atoms with Crippen LogP contribution < -0.4 is 11.1 Å². The molecule has 1 aromatic rings. The van der Waals surface area contributed by atoms with Gasteiger partial charge in [-0.1, -0.05) is 12.1 Å². The number of amides is 1. The molecule has 1 amide bonds. The van der Waals surface area contributed by atoms with Gasteiger partial charge in [0.05, 0.1) is 11.6 Å². The summed E-state index contributed by atoms with van der Waals surface area (Å²) in [4.78, 5) is 11.5. The van der Waals surface area contributed by atoms with Crippen molar-refractivity contribution >= 4 is 18.3 Å². The van der Waals surface area contributed by atoms with E-state index in [9.17, 15) is 9.18 Å². The van der Waals surface area contributed by atoms with Crippen molar-refractivity contribution in [1.82, 2.24) is 5.32 Å². The molecule has 0 bridgehead atoms. The molecule has 3 N–H and O–H groups in total. The van der Waals surface area contributed by atoms with E-state index in [1.54, 1.807) is 19.1 Å². The van der Waals surface area contributed by atoms with Gasteiger partial charge in [0, 0.05) is 0 Å². The highest BCUT2D eigenvalue weighted by Gasteiger charge is 2.45. The number of rotatable bonds is 3. The molecule has 0 radical (unpaired) electrons. The van der Waals surface area contributed by atoms with Crippen LogP contribution in [0, 0.1) is 5.82 Å². The molecule has 3 nitrogen and oxygen atoms in total. The molecule has 1 aliphatic rings. The molecule has 0 aliphatic heterocycles. The minimum absolute atomic E-state index is 0. The molecule has 1 aliphatic carbocycles. The Balaban J connectivity index is 0.00000144. The van der Waals surface area contributed by atoms with Crippen LogP contribution >= 0.6 is 12.4 Å². The van der Waals surface area contributed by atoms with Gasteiger partial charge in [0.25, 0.3) is 0 Å². The van der Waals surface area contributed by atoms with E-state index in [4.69, 9.17) is 5.73 Å². The molecule has 1 fully saturated rings. The van der Waals surface area contributed by atoms with E-state index in [1.807, 2.05) is 0 Å². The first-order chi connectivity index (χ1) is 7.53. The van der Waals surface area contributed by atoms with Gasteiger partial charge in [-0.05, 0) is 37.5 Å². The average molecular weight is 259 g/mol. The molecule has 2 rings (SSSR count). The molecular formula is C12H16ClFN2O. The third-order valence-electron chi connectivity index (χ3n) is 2.92. The summed E-state index contributed by atoms with van der Waals surface area (Å²) in [7, 11) is 0. The summed E-state index contributed by atoms with van der Waals surface area (Å²) in [5, 5.41) is 2.92. The van der Waals surface area contributed by atoms with Gasteiger partial charge >= 0.3 is 0 Å². The second-order valence-corrected chi connectivity index (χ2v) is 4.37. The molecule has 17 heavy (non-hydrogen) atoms. The first-order valence-corrected chi connectivity index (χ1v) is 5.37. The fourth-order valence-electron chi connectivity index (χ4n) is 1.73. The highest BCUT2D eigenvalue weighted by molar-refractivity contribution is 5.85. The molecule has 1 saturated carbocycles. The number of nitrogens with one attached hydrogen (secondary N) is 1. The van der Waals surface area contributed by atoms with Crippen LogP contribution in [0.5, 0.6) is 0 Å². The number of carbonyl (C=O) groups excluding carboxylic acids is 1. The van der Waals surface area contributed by atoms with Crippen molar-refractivity contribution in [3.05, 3.63) is 35.6 Å². The first-order valence-electron chi connectivity index (χ1n) is 5.37. The van der Waals surface area contributed by atoms with Gasteiger partial charge in [0.1, 0.15) is 5.82 Å². The molecule has 0 spiro atoms. The van der Waals surface area contributed by atoms with Crippen LogP contribution in [0.3, 0.4) is 0 Å². The summed E-state index contributed by atoms with van der Waals surface area (Å²) >= 11 is 0. The van der Waals surface area contributed by atoms with E-state index < -0.39 is 6.04 Å². The number of halogens is 2. The summed E-state index contributed by atoms with van der Waals surface area (Å²) in [6.45, 7) is 1.65. The van der Waals surface area contributed by atoms with Crippen LogP contribution in [0.4, 0.5) is 4.39 Å². The maximum atomic E-state index is 12.8. The van der Waals surface area contributed by atoms with Crippen molar-refractivity contribution in [2.45, 2.75) is 31.3 Å². The van der Waals surface area contributed by atoms with Crippen LogP contribution in [0.15, 0.2) is 24.3 Å². The van der Waals surface area contributed by atoms with Crippen molar-refractivity contribution in [2.24, 2.45) is 5.73 Å². The fourth-order valence-corrected chi connectivity index (χ4v) is 1.73. The van der Waals surface area contributed by atoms with Gasteiger partial charge in [-0.2, -0.15) is 0 Å². The third kappa shape index (κ3) is 2.96. The Labute approximate surface area is 106 Å². The summed E-state index contributed by atoms with van der Waals surface area (Å²) in [5.41, 5.74) is 6.14. The van der Waals surface area contributed by atoms with Crippen molar-refractivity contribution in [2.75, 3.05) is 0 Å². The van der Waals surface area contributed by atoms with Gasteiger partial charge < -0.3 is 11.1 Å². The summed E-state index contributed by atoms with van der Waals surface area (Å²) < 4.78 is 12.8. The SMILES string of the molecule is C[C@@H](N)C(=O)NC1(c2ccc(F)cc2)CC1.Cl. The zero-order valence-electron chi connectivity index (χ0n) is 9.57. The van der Waals surface area contributed by atoms with Crippen LogP contribution in [0.25, 0.3) is 0 Å². The third-order valence-corrected chi connectivity index (χ3v) is 2.92. The van der Waals surface area contributed by atoms with Gasteiger partial charge in [-0.3, -0.25) is 4.79 Å². The molecule has 94 valence electrons. The van der Waals surface area contributed by atoms with Crippen LogP contribution in [-0.2, 0) is 10.3 Å². The van der Waals surface area contributed by atoms with Crippen LogP contribution in [-0.4, -0.2) is 11.9 Å². The van der Waals surface area contributed by atoms with Crippen molar-refractivity contribution < 1.29 is 9.18 Å². The van der Waals surface area contributed by atoms with Crippen molar-refractivity contribution in [3.63, 3.8) is 0 Å². The smallest absolute Gasteiger partial charge is 0.237 e. The highest BCUT2D eigenvalue weighted by atomic mass is 35.5. The molecule has 0 aromatic heterocycles. The molecule has 5 heteroatoms. The predicted octanol–water partition coefficient (Wildman–Crippen LogP) is 1.70. The van der Waals surface area contributed by atoms with Crippen molar-refractivity contribution in [3.8, 4) is 0 Å². The average Bonchev–Trinajstić information content (AvgIpc) is 2.99. The lowest BCUT2D eigenvalue weighted by Gasteiger charge is -2.19. The summed E-state index contributed by atoms with van der Waals surface area (Å²) in [6, 6.07) is 5.73. The lowest BCUT2D eigenvalue weighted by molar-refractivity contribution is -0.123. The number of hydrogen-bond donors (Lipinski definition) is 2.